The van der Waals surface area contributed by atoms with E-state index < -0.39 is 11.9 Å². The first kappa shape index (κ1) is 17.4. The average Bonchev–Trinajstić information content (AvgIpc) is 3.25. The second-order valence-corrected chi connectivity index (χ2v) is 6.25. The number of fused-ring (bicyclic) bond motifs is 3. The van der Waals surface area contributed by atoms with E-state index in [2.05, 4.69) is 10.4 Å². The Balaban J connectivity index is 1.85. The van der Waals surface area contributed by atoms with Gasteiger partial charge in [-0.05, 0) is 43.7 Å². The number of aromatic nitrogens is 2. The van der Waals surface area contributed by atoms with Crippen molar-refractivity contribution >= 4 is 5.91 Å². The van der Waals surface area contributed by atoms with E-state index in [4.69, 9.17) is 4.42 Å². The molecule has 0 radical (unpaired) electrons. The lowest BCUT2D eigenvalue weighted by atomic mass is 9.94. The van der Waals surface area contributed by atoms with Gasteiger partial charge in [0.2, 0.25) is 0 Å². The Morgan fingerprint density at radius 1 is 1.22 bits per heavy atom. The molecule has 0 spiro atoms. The average molecular weight is 375 g/mol. The second-order valence-electron chi connectivity index (χ2n) is 6.25. The Morgan fingerprint density at radius 2 is 1.96 bits per heavy atom. The maximum atomic E-state index is 13.5. The van der Waals surface area contributed by atoms with Gasteiger partial charge < -0.3 is 9.73 Å². The number of benzene rings is 1. The molecule has 0 atom stereocenters. The Bertz CT molecular complexity index is 1000. The minimum absolute atomic E-state index is 0.171. The van der Waals surface area contributed by atoms with Crippen LogP contribution in [0, 0.1) is 0 Å². The fourth-order valence-electron chi connectivity index (χ4n) is 3.38. The van der Waals surface area contributed by atoms with Crippen molar-refractivity contribution in [3.05, 3.63) is 59.2 Å². The predicted octanol–water partition coefficient (Wildman–Crippen LogP) is 4.00. The van der Waals surface area contributed by atoms with Crippen LogP contribution in [0.4, 0.5) is 13.2 Å². The molecule has 140 valence electrons. The van der Waals surface area contributed by atoms with Crippen molar-refractivity contribution in [2.45, 2.75) is 25.9 Å². The van der Waals surface area contributed by atoms with E-state index >= 15 is 0 Å². The van der Waals surface area contributed by atoms with E-state index in [0.717, 1.165) is 0 Å². The zero-order valence-electron chi connectivity index (χ0n) is 14.4. The lowest BCUT2D eigenvalue weighted by molar-refractivity contribution is -0.142. The summed E-state index contributed by atoms with van der Waals surface area (Å²) in [6, 6.07) is 7.98. The second kappa shape index (κ2) is 6.29. The predicted molar refractivity (Wildman–Crippen MR) is 91.7 cm³/mol. The summed E-state index contributed by atoms with van der Waals surface area (Å²) in [5, 5.41) is 6.55. The van der Waals surface area contributed by atoms with E-state index in [-0.39, 0.29) is 17.9 Å². The highest BCUT2D eigenvalue weighted by Gasteiger charge is 2.41. The highest BCUT2D eigenvalue weighted by Crippen LogP contribution is 2.42. The number of halogens is 3. The van der Waals surface area contributed by atoms with Crippen LogP contribution in [0.5, 0.6) is 0 Å². The van der Waals surface area contributed by atoms with Gasteiger partial charge in [0, 0.05) is 29.7 Å². The minimum atomic E-state index is -4.54. The van der Waals surface area contributed by atoms with Crippen molar-refractivity contribution in [2.24, 2.45) is 0 Å². The molecule has 1 aromatic carbocycles. The van der Waals surface area contributed by atoms with Gasteiger partial charge in [-0.3, -0.25) is 4.79 Å². The number of alkyl halides is 3. The third kappa shape index (κ3) is 2.90. The van der Waals surface area contributed by atoms with Gasteiger partial charge in [-0.2, -0.15) is 18.3 Å². The van der Waals surface area contributed by atoms with Crippen molar-refractivity contribution in [3.63, 3.8) is 0 Å². The first-order valence-electron chi connectivity index (χ1n) is 8.54. The van der Waals surface area contributed by atoms with Crippen molar-refractivity contribution in [2.75, 3.05) is 6.54 Å². The Morgan fingerprint density at radius 3 is 2.63 bits per heavy atom. The number of nitrogens with zero attached hydrogens (tertiary/aromatic N) is 2. The molecular formula is C19H16F3N3O2. The molecule has 2 aromatic heterocycles. The zero-order chi connectivity index (χ0) is 19.2. The van der Waals surface area contributed by atoms with E-state index in [0.29, 0.717) is 41.2 Å². The van der Waals surface area contributed by atoms with Crippen molar-refractivity contribution in [1.82, 2.24) is 15.1 Å². The standard InChI is InChI=1S/C19H16F3N3O2/c1-2-23-18(26)11-3-5-12(6-4-11)25-16-13-9-10-27-15(13)8-7-14(16)17(24-25)19(20,21)22/h3-6,9-10H,2,7-8H2,1H3,(H,23,26). The lowest BCUT2D eigenvalue weighted by Crippen LogP contribution is -2.22. The summed E-state index contributed by atoms with van der Waals surface area (Å²) in [5.74, 6) is 0.413. The largest absolute Gasteiger partial charge is 0.469 e. The summed E-state index contributed by atoms with van der Waals surface area (Å²) in [4.78, 5) is 11.9. The number of amides is 1. The normalized spacial score (nSPS) is 13.2. The van der Waals surface area contributed by atoms with E-state index in [9.17, 15) is 18.0 Å². The van der Waals surface area contributed by atoms with Crippen LogP contribution in [-0.2, 0) is 19.0 Å². The van der Waals surface area contributed by atoms with Crippen molar-refractivity contribution < 1.29 is 22.4 Å². The van der Waals surface area contributed by atoms with Gasteiger partial charge in [0.05, 0.1) is 17.6 Å². The molecule has 4 rings (SSSR count). The van der Waals surface area contributed by atoms with Crippen LogP contribution < -0.4 is 5.32 Å². The topological polar surface area (TPSA) is 60.1 Å². The van der Waals surface area contributed by atoms with Gasteiger partial charge in [0.25, 0.3) is 5.91 Å². The maximum absolute atomic E-state index is 13.5. The van der Waals surface area contributed by atoms with Crippen LogP contribution in [0.15, 0.2) is 41.0 Å². The number of carbonyl (C=O) groups is 1. The van der Waals surface area contributed by atoms with Gasteiger partial charge in [0.15, 0.2) is 5.69 Å². The molecule has 2 heterocycles. The highest BCUT2D eigenvalue weighted by atomic mass is 19.4. The SMILES string of the molecule is CCNC(=O)c1ccc(-n2nc(C(F)(F)F)c3c2-c2ccoc2CC3)cc1. The fraction of sp³-hybridized carbons (Fsp3) is 0.263. The van der Waals surface area contributed by atoms with E-state index in [1.165, 1.54) is 10.9 Å². The molecule has 0 aliphatic heterocycles. The number of nitrogens with one attached hydrogen (secondary N) is 1. The van der Waals surface area contributed by atoms with Crippen LogP contribution >= 0.6 is 0 Å². The molecule has 3 aromatic rings. The Kier molecular flexibility index (Phi) is 4.05. The Labute approximate surface area is 152 Å². The Hall–Kier alpha value is -3.03. The summed E-state index contributed by atoms with van der Waals surface area (Å²) in [6.07, 6.45) is -2.46. The third-order valence-electron chi connectivity index (χ3n) is 4.57. The van der Waals surface area contributed by atoms with Crippen LogP contribution in [0.1, 0.15) is 34.3 Å². The van der Waals surface area contributed by atoms with Crippen molar-refractivity contribution in [1.29, 1.82) is 0 Å². The lowest BCUT2D eigenvalue weighted by Gasteiger charge is -2.15. The molecule has 0 bridgehead atoms. The number of carbonyl (C=O) groups excluding carboxylic acids is 1. The molecule has 27 heavy (non-hydrogen) atoms. The van der Waals surface area contributed by atoms with Gasteiger partial charge >= 0.3 is 6.18 Å². The zero-order valence-corrected chi connectivity index (χ0v) is 14.4. The molecule has 0 saturated carbocycles. The maximum Gasteiger partial charge on any atom is 0.435 e. The van der Waals surface area contributed by atoms with Gasteiger partial charge in [0.1, 0.15) is 5.76 Å². The van der Waals surface area contributed by atoms with Crippen LogP contribution in [0.2, 0.25) is 0 Å². The fourth-order valence-corrected chi connectivity index (χ4v) is 3.38. The molecule has 8 heteroatoms. The van der Waals surface area contributed by atoms with Crippen molar-refractivity contribution in [3.8, 4) is 16.9 Å². The summed E-state index contributed by atoms with van der Waals surface area (Å²) in [6.45, 7) is 2.30. The van der Waals surface area contributed by atoms with Crippen LogP contribution in [0.25, 0.3) is 16.9 Å². The van der Waals surface area contributed by atoms with E-state index in [1.807, 2.05) is 6.92 Å². The molecule has 5 nitrogen and oxygen atoms in total. The number of hydrogen-bond acceptors (Lipinski definition) is 3. The molecule has 1 aliphatic rings. The molecule has 1 N–H and O–H groups in total. The summed E-state index contributed by atoms with van der Waals surface area (Å²) in [7, 11) is 0. The molecule has 0 unspecified atom stereocenters. The summed E-state index contributed by atoms with van der Waals surface area (Å²) in [5.41, 5.74) is 1.18. The third-order valence-corrected chi connectivity index (χ3v) is 4.57. The molecule has 1 aliphatic carbocycles. The first-order valence-corrected chi connectivity index (χ1v) is 8.54. The van der Waals surface area contributed by atoms with Gasteiger partial charge in [-0.1, -0.05) is 0 Å². The van der Waals surface area contributed by atoms with Crippen LogP contribution in [-0.4, -0.2) is 22.2 Å². The number of hydrogen-bond donors (Lipinski definition) is 1. The quantitative estimate of drug-likeness (QED) is 0.753. The summed E-state index contributed by atoms with van der Waals surface area (Å²) < 4.78 is 47.2. The molecule has 1 amide bonds. The van der Waals surface area contributed by atoms with E-state index in [1.54, 1.807) is 30.3 Å². The number of furan rings is 1. The van der Waals surface area contributed by atoms with Gasteiger partial charge in [-0.15, -0.1) is 0 Å². The summed E-state index contributed by atoms with van der Waals surface area (Å²) >= 11 is 0. The smallest absolute Gasteiger partial charge is 0.435 e. The molecule has 0 saturated heterocycles. The first-order chi connectivity index (χ1) is 12.9. The monoisotopic (exact) mass is 375 g/mol. The molecule has 0 fully saturated rings. The molecular weight excluding hydrogens is 359 g/mol. The van der Waals surface area contributed by atoms with Gasteiger partial charge in [-0.25, -0.2) is 4.68 Å². The number of aryl methyl sites for hydroxylation is 1. The highest BCUT2D eigenvalue weighted by molar-refractivity contribution is 5.94. The van der Waals surface area contributed by atoms with Crippen LogP contribution in [0.3, 0.4) is 0 Å². The minimum Gasteiger partial charge on any atom is -0.469 e. The number of rotatable bonds is 3.